The highest BCUT2D eigenvalue weighted by Crippen LogP contribution is 2.36. The number of ether oxygens (including phenoxy) is 1. The van der Waals surface area contributed by atoms with Gasteiger partial charge in [-0.05, 0) is 66.5 Å². The molecule has 0 aromatic heterocycles. The van der Waals surface area contributed by atoms with Crippen LogP contribution in [0.15, 0.2) is 18.2 Å². The molecule has 176 valence electrons. The van der Waals surface area contributed by atoms with Gasteiger partial charge in [-0.15, -0.1) is 0 Å². The number of benzene rings is 1. The van der Waals surface area contributed by atoms with E-state index in [1.807, 2.05) is 27.7 Å². The van der Waals surface area contributed by atoms with Gasteiger partial charge >= 0.3 is 13.2 Å². The Hall–Kier alpha value is -2.13. The zero-order valence-corrected chi connectivity index (χ0v) is 20.1. The molecular weight excluding hydrogens is 414 g/mol. The van der Waals surface area contributed by atoms with Crippen LogP contribution in [-0.2, 0) is 25.3 Å². The normalized spacial score (nSPS) is 22.2. The molecule has 9 heteroatoms. The van der Waals surface area contributed by atoms with Gasteiger partial charge in [0.1, 0.15) is 11.4 Å². The van der Waals surface area contributed by atoms with E-state index in [-0.39, 0.29) is 18.4 Å². The summed E-state index contributed by atoms with van der Waals surface area (Å²) in [6.07, 6.45) is 0.307. The Bertz CT molecular complexity index is 868. The number of carbonyl (C=O) groups excluding carboxylic acids is 2. The molecule has 1 atom stereocenters. The molecule has 0 bridgehead atoms. The van der Waals surface area contributed by atoms with E-state index in [0.717, 1.165) is 0 Å². The van der Waals surface area contributed by atoms with Gasteiger partial charge in [0.2, 0.25) is 5.91 Å². The minimum atomic E-state index is -0.829. The molecule has 2 aliphatic heterocycles. The van der Waals surface area contributed by atoms with E-state index >= 15 is 0 Å². The molecule has 3 rings (SSSR count). The molecule has 0 spiro atoms. The summed E-state index contributed by atoms with van der Waals surface area (Å²) in [6, 6.07) is 4.44. The van der Waals surface area contributed by atoms with Crippen LogP contribution >= 0.6 is 0 Å². The van der Waals surface area contributed by atoms with Crippen molar-refractivity contribution in [2.45, 2.75) is 84.2 Å². The number of hydrogen-bond donors (Lipinski definition) is 1. The Morgan fingerprint density at radius 3 is 2.44 bits per heavy atom. The van der Waals surface area contributed by atoms with Crippen molar-refractivity contribution in [1.29, 1.82) is 0 Å². The Kier molecular flexibility index (Phi) is 6.64. The lowest BCUT2D eigenvalue weighted by atomic mass is 9.77. The van der Waals surface area contributed by atoms with Crippen LogP contribution in [0.25, 0.3) is 0 Å². The third kappa shape index (κ3) is 5.62. The van der Waals surface area contributed by atoms with Crippen molar-refractivity contribution < 1.29 is 28.0 Å². The lowest BCUT2D eigenvalue weighted by Gasteiger charge is -2.32. The lowest BCUT2D eigenvalue weighted by molar-refractivity contribution is -0.129. The van der Waals surface area contributed by atoms with Gasteiger partial charge in [-0.3, -0.25) is 4.79 Å². The summed E-state index contributed by atoms with van der Waals surface area (Å²) in [7, 11) is -0.829. The van der Waals surface area contributed by atoms with E-state index in [1.54, 1.807) is 37.8 Å². The third-order valence-corrected chi connectivity index (χ3v) is 6.18. The second-order valence-electron chi connectivity index (χ2n) is 10.6. The minimum Gasteiger partial charge on any atom is -0.444 e. The molecule has 1 unspecified atom stereocenters. The van der Waals surface area contributed by atoms with Crippen LogP contribution in [0.1, 0.15) is 60.5 Å². The monoisotopic (exact) mass is 448 g/mol. The first-order valence-electron chi connectivity index (χ1n) is 11.1. The molecule has 2 amide bonds. The standard InChI is InChI=1S/C23H34BFN2O5/c1-21(2,3)30-20(29)26-16-10-11-27(14-16)19(28)13-15-8-9-18(25)17(12-15)24-31-22(4,5)23(6,7)32-24/h8-9,12,16H,10-11,13-14H2,1-7H3,(H,26,29). The maximum atomic E-state index is 14.5. The van der Waals surface area contributed by atoms with Gasteiger partial charge < -0.3 is 24.3 Å². The highest BCUT2D eigenvalue weighted by atomic mass is 19.1. The molecule has 2 heterocycles. The lowest BCUT2D eigenvalue weighted by Crippen LogP contribution is -2.41. The van der Waals surface area contributed by atoms with E-state index in [0.29, 0.717) is 30.5 Å². The van der Waals surface area contributed by atoms with Crippen molar-refractivity contribution >= 4 is 24.6 Å². The van der Waals surface area contributed by atoms with Gasteiger partial charge in [-0.1, -0.05) is 12.1 Å². The van der Waals surface area contributed by atoms with Crippen LogP contribution in [-0.4, -0.2) is 60.0 Å². The first-order chi connectivity index (χ1) is 14.7. The van der Waals surface area contributed by atoms with Gasteiger partial charge in [0.25, 0.3) is 0 Å². The first kappa shape index (κ1) is 24.5. The average Bonchev–Trinajstić information content (AvgIpc) is 3.16. The molecule has 0 saturated carbocycles. The number of hydrogen-bond acceptors (Lipinski definition) is 5. The molecule has 1 N–H and O–H groups in total. The first-order valence-corrected chi connectivity index (χ1v) is 11.1. The summed E-state index contributed by atoms with van der Waals surface area (Å²) in [4.78, 5) is 26.5. The fraction of sp³-hybridized carbons (Fsp3) is 0.652. The van der Waals surface area contributed by atoms with E-state index in [4.69, 9.17) is 14.0 Å². The summed E-state index contributed by atoms with van der Waals surface area (Å²) in [5.74, 6) is -0.507. The minimum absolute atomic E-state index is 0.0787. The number of carbonyl (C=O) groups is 2. The van der Waals surface area contributed by atoms with Gasteiger partial charge in [-0.25, -0.2) is 9.18 Å². The van der Waals surface area contributed by atoms with Crippen molar-refractivity contribution in [3.05, 3.63) is 29.6 Å². The molecule has 0 radical (unpaired) electrons. The van der Waals surface area contributed by atoms with Crippen molar-refractivity contribution in [2.75, 3.05) is 13.1 Å². The van der Waals surface area contributed by atoms with Crippen LogP contribution in [0, 0.1) is 5.82 Å². The summed E-state index contributed by atoms with van der Waals surface area (Å²) in [5.41, 5.74) is -0.761. The zero-order chi connectivity index (χ0) is 23.9. The van der Waals surface area contributed by atoms with E-state index in [2.05, 4.69) is 5.32 Å². The summed E-state index contributed by atoms with van der Waals surface area (Å²) in [6.45, 7) is 14.0. The van der Waals surface area contributed by atoms with Crippen molar-refractivity contribution in [3.63, 3.8) is 0 Å². The summed E-state index contributed by atoms with van der Waals surface area (Å²) < 4.78 is 31.8. The molecule has 2 aliphatic rings. The second kappa shape index (κ2) is 8.67. The number of halogens is 1. The number of alkyl carbamates (subject to hydrolysis) is 1. The Balaban J connectivity index is 1.61. The van der Waals surface area contributed by atoms with Crippen molar-refractivity contribution in [3.8, 4) is 0 Å². The fourth-order valence-corrected chi connectivity index (χ4v) is 3.72. The molecule has 32 heavy (non-hydrogen) atoms. The highest BCUT2D eigenvalue weighted by molar-refractivity contribution is 6.62. The molecule has 7 nitrogen and oxygen atoms in total. The number of nitrogens with zero attached hydrogens (tertiary/aromatic N) is 1. The second-order valence-corrected chi connectivity index (χ2v) is 10.6. The maximum Gasteiger partial charge on any atom is 0.497 e. The predicted molar refractivity (Wildman–Crippen MR) is 120 cm³/mol. The number of rotatable bonds is 4. The van der Waals surface area contributed by atoms with Crippen LogP contribution in [0.4, 0.5) is 9.18 Å². The summed E-state index contributed by atoms with van der Waals surface area (Å²) in [5, 5.41) is 2.82. The van der Waals surface area contributed by atoms with Gasteiger partial charge in [0.05, 0.1) is 23.7 Å². The van der Waals surface area contributed by atoms with Gasteiger partial charge in [-0.2, -0.15) is 0 Å². The fourth-order valence-electron chi connectivity index (χ4n) is 3.72. The Morgan fingerprint density at radius 1 is 1.22 bits per heavy atom. The van der Waals surface area contributed by atoms with Gasteiger partial charge in [0, 0.05) is 18.6 Å². The molecule has 0 aliphatic carbocycles. The van der Waals surface area contributed by atoms with Crippen LogP contribution in [0.2, 0.25) is 0 Å². The van der Waals surface area contributed by atoms with Crippen LogP contribution in [0.3, 0.4) is 0 Å². The zero-order valence-electron chi connectivity index (χ0n) is 20.1. The van der Waals surface area contributed by atoms with Crippen LogP contribution in [0.5, 0.6) is 0 Å². The summed E-state index contributed by atoms with van der Waals surface area (Å²) >= 11 is 0. The van der Waals surface area contributed by atoms with Crippen molar-refractivity contribution in [1.82, 2.24) is 10.2 Å². The predicted octanol–water partition coefficient (Wildman–Crippen LogP) is 2.79. The highest BCUT2D eigenvalue weighted by Gasteiger charge is 2.52. The molecule has 2 fully saturated rings. The molecular formula is C23H34BFN2O5. The SMILES string of the molecule is CC(C)(C)OC(=O)NC1CCN(C(=O)Cc2ccc(F)c(B3OC(C)(C)C(C)(C)O3)c2)C1. The number of likely N-dealkylation sites (tertiary alicyclic amines) is 1. The molecule has 2 saturated heterocycles. The number of nitrogens with one attached hydrogen (secondary N) is 1. The quantitative estimate of drug-likeness (QED) is 0.717. The molecule has 1 aromatic carbocycles. The topological polar surface area (TPSA) is 77.1 Å². The van der Waals surface area contributed by atoms with E-state index in [1.165, 1.54) is 6.07 Å². The number of amides is 2. The Labute approximate surface area is 190 Å². The maximum absolute atomic E-state index is 14.5. The average molecular weight is 448 g/mol. The smallest absolute Gasteiger partial charge is 0.444 e. The van der Waals surface area contributed by atoms with E-state index in [9.17, 15) is 14.0 Å². The van der Waals surface area contributed by atoms with Crippen LogP contribution < -0.4 is 10.8 Å². The molecule has 1 aromatic rings. The van der Waals surface area contributed by atoms with Gasteiger partial charge in [0.15, 0.2) is 0 Å². The third-order valence-electron chi connectivity index (χ3n) is 6.18. The largest absolute Gasteiger partial charge is 0.497 e. The van der Waals surface area contributed by atoms with Crippen molar-refractivity contribution in [2.24, 2.45) is 0 Å². The Morgan fingerprint density at radius 2 is 1.84 bits per heavy atom. The van der Waals surface area contributed by atoms with E-state index < -0.39 is 35.8 Å².